The fourth-order valence-corrected chi connectivity index (χ4v) is 3.31. The van der Waals surface area contributed by atoms with Gasteiger partial charge in [0.2, 0.25) is 5.91 Å². The molecule has 3 amide bonds. The summed E-state index contributed by atoms with van der Waals surface area (Å²) in [6.07, 6.45) is 0.336. The maximum atomic E-state index is 12.3. The SMILES string of the molecule is CCN1C[C@H](NC(=O)Nc2cc(N3CCOCC3)ccc2Cl)CC1=O. The van der Waals surface area contributed by atoms with Gasteiger partial charge in [-0.25, -0.2) is 4.79 Å². The molecule has 7 nitrogen and oxygen atoms in total. The maximum absolute atomic E-state index is 12.3. The molecule has 136 valence electrons. The van der Waals surface area contributed by atoms with Crippen LogP contribution in [0.5, 0.6) is 0 Å². The molecule has 1 aromatic rings. The number of likely N-dealkylation sites (N-methyl/N-ethyl adjacent to an activating group) is 1. The molecule has 2 aliphatic rings. The van der Waals surface area contributed by atoms with Crippen LogP contribution in [0, 0.1) is 0 Å². The number of ether oxygens (including phenoxy) is 1. The fourth-order valence-electron chi connectivity index (χ4n) is 3.15. The van der Waals surface area contributed by atoms with Crippen LogP contribution in [0.15, 0.2) is 18.2 Å². The number of morpholine rings is 1. The molecule has 0 aromatic heterocycles. The Labute approximate surface area is 152 Å². The first-order valence-corrected chi connectivity index (χ1v) is 8.92. The van der Waals surface area contributed by atoms with Crippen molar-refractivity contribution in [2.24, 2.45) is 0 Å². The number of urea groups is 1. The predicted octanol–water partition coefficient (Wildman–Crippen LogP) is 1.92. The molecule has 2 N–H and O–H groups in total. The Balaban J connectivity index is 1.61. The van der Waals surface area contributed by atoms with Crippen molar-refractivity contribution in [2.45, 2.75) is 19.4 Å². The molecule has 1 aromatic carbocycles. The van der Waals surface area contributed by atoms with Gasteiger partial charge in [0.25, 0.3) is 0 Å². The quantitative estimate of drug-likeness (QED) is 0.853. The Kier molecular flexibility index (Phi) is 5.65. The van der Waals surface area contributed by atoms with Crippen molar-refractivity contribution in [3.05, 3.63) is 23.2 Å². The number of hydrogen-bond acceptors (Lipinski definition) is 4. The smallest absolute Gasteiger partial charge is 0.319 e. The summed E-state index contributed by atoms with van der Waals surface area (Å²) in [5, 5.41) is 6.11. The summed E-state index contributed by atoms with van der Waals surface area (Å²) in [7, 11) is 0. The summed E-state index contributed by atoms with van der Waals surface area (Å²) < 4.78 is 5.36. The zero-order valence-electron chi connectivity index (χ0n) is 14.3. The zero-order valence-corrected chi connectivity index (χ0v) is 15.0. The number of carbonyl (C=O) groups excluding carboxylic acids is 2. The normalized spacial score (nSPS) is 20.7. The number of carbonyl (C=O) groups is 2. The molecular formula is C17H23ClN4O3. The minimum absolute atomic E-state index is 0.0696. The number of rotatable bonds is 4. The van der Waals surface area contributed by atoms with E-state index in [1.165, 1.54) is 0 Å². The molecule has 3 rings (SSSR count). The van der Waals surface area contributed by atoms with Gasteiger partial charge in [-0.05, 0) is 25.1 Å². The molecule has 0 radical (unpaired) electrons. The van der Waals surface area contributed by atoms with Gasteiger partial charge >= 0.3 is 6.03 Å². The van der Waals surface area contributed by atoms with E-state index in [9.17, 15) is 9.59 Å². The van der Waals surface area contributed by atoms with Gasteiger partial charge in [-0.1, -0.05) is 11.6 Å². The van der Waals surface area contributed by atoms with E-state index in [1.807, 2.05) is 19.1 Å². The third-order valence-corrected chi connectivity index (χ3v) is 4.84. The second-order valence-electron chi connectivity index (χ2n) is 6.20. The van der Waals surface area contributed by atoms with E-state index in [0.717, 1.165) is 18.8 Å². The van der Waals surface area contributed by atoms with Crippen LogP contribution in [0.1, 0.15) is 13.3 Å². The number of likely N-dealkylation sites (tertiary alicyclic amines) is 1. The first-order valence-electron chi connectivity index (χ1n) is 8.54. The van der Waals surface area contributed by atoms with Crippen molar-refractivity contribution in [3.8, 4) is 0 Å². The molecule has 0 saturated carbocycles. The Morgan fingerprint density at radius 1 is 1.36 bits per heavy atom. The van der Waals surface area contributed by atoms with Crippen LogP contribution in [0.2, 0.25) is 5.02 Å². The van der Waals surface area contributed by atoms with E-state index in [0.29, 0.717) is 43.4 Å². The molecule has 8 heteroatoms. The summed E-state index contributed by atoms with van der Waals surface area (Å²) in [4.78, 5) is 27.9. The van der Waals surface area contributed by atoms with E-state index in [4.69, 9.17) is 16.3 Å². The summed E-state index contributed by atoms with van der Waals surface area (Å²) in [5.74, 6) is 0.0696. The van der Waals surface area contributed by atoms with Crippen molar-refractivity contribution in [1.82, 2.24) is 10.2 Å². The zero-order chi connectivity index (χ0) is 17.8. The van der Waals surface area contributed by atoms with Crippen molar-refractivity contribution in [3.63, 3.8) is 0 Å². The molecular weight excluding hydrogens is 344 g/mol. The topological polar surface area (TPSA) is 73.9 Å². The van der Waals surface area contributed by atoms with Crippen LogP contribution >= 0.6 is 11.6 Å². The van der Waals surface area contributed by atoms with Crippen LogP contribution < -0.4 is 15.5 Å². The summed E-state index contributed by atoms with van der Waals surface area (Å²) in [5.41, 5.74) is 1.55. The van der Waals surface area contributed by atoms with Gasteiger partial charge < -0.3 is 25.2 Å². The molecule has 2 heterocycles. The van der Waals surface area contributed by atoms with Gasteiger partial charge in [-0.2, -0.15) is 0 Å². The van der Waals surface area contributed by atoms with E-state index in [2.05, 4.69) is 15.5 Å². The minimum atomic E-state index is -0.350. The first-order chi connectivity index (χ1) is 12.1. The number of benzene rings is 1. The molecule has 0 spiro atoms. The number of hydrogen-bond donors (Lipinski definition) is 2. The molecule has 0 unspecified atom stereocenters. The van der Waals surface area contributed by atoms with Crippen molar-refractivity contribution in [1.29, 1.82) is 0 Å². The number of nitrogens with zero attached hydrogens (tertiary/aromatic N) is 2. The number of amides is 3. The molecule has 1 atom stereocenters. The Morgan fingerprint density at radius 3 is 2.80 bits per heavy atom. The van der Waals surface area contributed by atoms with E-state index >= 15 is 0 Å². The van der Waals surface area contributed by atoms with Crippen molar-refractivity contribution >= 4 is 34.9 Å². The van der Waals surface area contributed by atoms with E-state index in [1.54, 1.807) is 11.0 Å². The summed E-state index contributed by atoms with van der Waals surface area (Å²) in [6, 6.07) is 5.06. The number of halogens is 1. The molecule has 2 saturated heterocycles. The Hall–Kier alpha value is -1.99. The first kappa shape index (κ1) is 17.8. The number of nitrogens with one attached hydrogen (secondary N) is 2. The standard InChI is InChI=1S/C17H23ClN4O3/c1-2-21-11-12(9-16(21)23)19-17(24)20-15-10-13(3-4-14(15)18)22-5-7-25-8-6-22/h3-4,10,12H,2,5-9,11H2,1H3,(H2,19,20,24)/t12-/m1/s1. The average Bonchev–Trinajstić information content (AvgIpc) is 2.97. The lowest BCUT2D eigenvalue weighted by molar-refractivity contribution is -0.127. The fraction of sp³-hybridized carbons (Fsp3) is 0.529. The van der Waals surface area contributed by atoms with Crippen LogP contribution in [0.25, 0.3) is 0 Å². The van der Waals surface area contributed by atoms with Crippen molar-refractivity contribution < 1.29 is 14.3 Å². The van der Waals surface area contributed by atoms with Gasteiger partial charge in [-0.15, -0.1) is 0 Å². The molecule has 2 fully saturated rings. The third-order valence-electron chi connectivity index (χ3n) is 4.51. The van der Waals surface area contributed by atoms with Gasteiger partial charge in [-0.3, -0.25) is 4.79 Å². The van der Waals surface area contributed by atoms with Gasteiger partial charge in [0, 0.05) is 38.3 Å². The largest absolute Gasteiger partial charge is 0.378 e. The van der Waals surface area contributed by atoms with E-state index in [-0.39, 0.29) is 18.0 Å². The average molecular weight is 367 g/mol. The highest BCUT2D eigenvalue weighted by Crippen LogP contribution is 2.28. The van der Waals surface area contributed by atoms with Crippen LogP contribution in [-0.4, -0.2) is 62.3 Å². The lowest BCUT2D eigenvalue weighted by atomic mass is 10.2. The molecule has 25 heavy (non-hydrogen) atoms. The molecule has 0 aliphatic carbocycles. The van der Waals surface area contributed by atoms with Gasteiger partial charge in [0.15, 0.2) is 0 Å². The van der Waals surface area contributed by atoms with E-state index < -0.39 is 0 Å². The minimum Gasteiger partial charge on any atom is -0.378 e. The third kappa shape index (κ3) is 4.35. The highest BCUT2D eigenvalue weighted by Gasteiger charge is 2.29. The lowest BCUT2D eigenvalue weighted by Gasteiger charge is -2.29. The second-order valence-corrected chi connectivity index (χ2v) is 6.60. The highest BCUT2D eigenvalue weighted by atomic mass is 35.5. The van der Waals surface area contributed by atoms with Gasteiger partial charge in [0.1, 0.15) is 0 Å². The number of anilines is 2. The predicted molar refractivity (Wildman–Crippen MR) is 97.3 cm³/mol. The van der Waals surface area contributed by atoms with Crippen molar-refractivity contribution in [2.75, 3.05) is 49.6 Å². The summed E-state index contributed by atoms with van der Waals surface area (Å²) >= 11 is 6.22. The Morgan fingerprint density at radius 2 is 2.12 bits per heavy atom. The second kappa shape index (κ2) is 7.93. The monoisotopic (exact) mass is 366 g/mol. The van der Waals surface area contributed by atoms with Crippen LogP contribution in [0.4, 0.5) is 16.2 Å². The maximum Gasteiger partial charge on any atom is 0.319 e. The van der Waals surface area contributed by atoms with Crippen LogP contribution in [0.3, 0.4) is 0 Å². The summed E-state index contributed by atoms with van der Waals surface area (Å²) in [6.45, 7) is 6.13. The lowest BCUT2D eigenvalue weighted by Crippen LogP contribution is -2.40. The Bertz CT molecular complexity index is 649. The van der Waals surface area contributed by atoms with Gasteiger partial charge in [0.05, 0.1) is 30.0 Å². The highest BCUT2D eigenvalue weighted by molar-refractivity contribution is 6.33. The van der Waals surface area contributed by atoms with Crippen LogP contribution in [-0.2, 0) is 9.53 Å². The molecule has 2 aliphatic heterocycles. The molecule has 0 bridgehead atoms.